The second-order valence-electron chi connectivity index (χ2n) is 6.97. The van der Waals surface area contributed by atoms with Crippen molar-refractivity contribution in [2.45, 2.75) is 9.79 Å². The molecule has 1 saturated heterocycles. The Bertz CT molecular complexity index is 925. The number of carbonyl (C=O) groups excluding carboxylic acids is 1. The molecule has 3 aromatic carbocycles. The number of carbonyl (C=O) groups is 1. The first-order valence-electron chi connectivity index (χ1n) is 9.93. The molecule has 0 unspecified atom stereocenters. The Morgan fingerprint density at radius 3 is 2.14 bits per heavy atom. The van der Waals surface area contributed by atoms with E-state index in [0.717, 1.165) is 36.8 Å². The van der Waals surface area contributed by atoms with Gasteiger partial charge < -0.3 is 15.1 Å². The van der Waals surface area contributed by atoms with Crippen LogP contribution < -0.4 is 10.2 Å². The van der Waals surface area contributed by atoms with Crippen LogP contribution in [0.1, 0.15) is 0 Å². The minimum atomic E-state index is 0.150. The van der Waals surface area contributed by atoms with E-state index < -0.39 is 0 Å². The molecule has 0 bridgehead atoms. The highest BCUT2D eigenvalue weighted by atomic mass is 32.2. The molecule has 3 aromatic rings. The third kappa shape index (κ3) is 5.12. The van der Waals surface area contributed by atoms with Crippen LogP contribution in [0.2, 0.25) is 0 Å². The van der Waals surface area contributed by atoms with E-state index in [2.05, 4.69) is 52.7 Å². The number of amides is 1. The summed E-state index contributed by atoms with van der Waals surface area (Å²) in [5, 5.41) is 3.35. The molecule has 29 heavy (non-hydrogen) atoms. The molecule has 0 spiro atoms. The quantitative estimate of drug-likeness (QED) is 0.653. The maximum atomic E-state index is 12.7. The maximum Gasteiger partial charge on any atom is 0.241 e. The Labute approximate surface area is 176 Å². The van der Waals surface area contributed by atoms with Crippen molar-refractivity contribution in [2.75, 3.05) is 42.9 Å². The van der Waals surface area contributed by atoms with Crippen LogP contribution in [0.4, 0.5) is 11.4 Å². The molecule has 0 radical (unpaired) electrons. The fourth-order valence-corrected chi connectivity index (χ4v) is 4.40. The van der Waals surface area contributed by atoms with E-state index in [-0.39, 0.29) is 5.91 Å². The van der Waals surface area contributed by atoms with Crippen LogP contribution in [0, 0.1) is 0 Å². The van der Waals surface area contributed by atoms with Crippen molar-refractivity contribution in [1.29, 1.82) is 0 Å². The van der Waals surface area contributed by atoms with Gasteiger partial charge in [0.2, 0.25) is 5.91 Å². The summed E-state index contributed by atoms with van der Waals surface area (Å²) in [5.74, 6) is 0.150. The molecule has 4 nitrogen and oxygen atoms in total. The second kappa shape index (κ2) is 9.52. The van der Waals surface area contributed by atoms with Gasteiger partial charge >= 0.3 is 0 Å². The molecule has 1 fully saturated rings. The molecule has 0 aliphatic carbocycles. The number of nitrogens with zero attached hydrogens (tertiary/aromatic N) is 2. The molecule has 148 valence electrons. The molecule has 4 rings (SSSR count). The van der Waals surface area contributed by atoms with Gasteiger partial charge in [-0.1, -0.05) is 60.3 Å². The Morgan fingerprint density at radius 2 is 1.41 bits per heavy atom. The summed E-state index contributed by atoms with van der Waals surface area (Å²) in [6.07, 6.45) is 0. The van der Waals surface area contributed by atoms with Crippen LogP contribution in [-0.4, -0.2) is 43.5 Å². The highest BCUT2D eigenvalue weighted by Gasteiger charge is 2.21. The molecule has 0 aromatic heterocycles. The Balaban J connectivity index is 1.31. The number of anilines is 2. The molecule has 1 aliphatic heterocycles. The molecule has 1 amide bonds. The van der Waals surface area contributed by atoms with Gasteiger partial charge in [0.25, 0.3) is 0 Å². The number of hydrogen-bond donors (Lipinski definition) is 1. The third-order valence-corrected chi connectivity index (χ3v) is 6.13. The van der Waals surface area contributed by atoms with Crippen LogP contribution >= 0.6 is 11.8 Å². The normalized spacial score (nSPS) is 13.9. The van der Waals surface area contributed by atoms with Gasteiger partial charge in [-0.3, -0.25) is 4.79 Å². The highest BCUT2D eigenvalue weighted by molar-refractivity contribution is 7.99. The number of para-hydroxylation sites is 2. The number of benzene rings is 3. The van der Waals surface area contributed by atoms with E-state index in [1.165, 1.54) is 10.6 Å². The molecule has 0 saturated carbocycles. The lowest BCUT2D eigenvalue weighted by atomic mass is 10.2. The standard InChI is InChI=1S/C24H25N3OS/c28-24(27-17-15-26(16-18-27)20-9-3-1-4-10-20)19-25-22-13-7-8-14-23(22)29-21-11-5-2-6-12-21/h1-14,25H,15-19H2. The fourth-order valence-electron chi connectivity index (χ4n) is 3.45. The fraction of sp³-hybridized carbons (Fsp3) is 0.208. The molecule has 0 atom stereocenters. The summed E-state index contributed by atoms with van der Waals surface area (Å²) in [4.78, 5) is 19.3. The van der Waals surface area contributed by atoms with E-state index in [0.29, 0.717) is 6.54 Å². The van der Waals surface area contributed by atoms with Crippen molar-refractivity contribution in [3.8, 4) is 0 Å². The van der Waals surface area contributed by atoms with E-state index in [9.17, 15) is 4.79 Å². The van der Waals surface area contributed by atoms with Crippen LogP contribution in [-0.2, 0) is 4.79 Å². The second-order valence-corrected chi connectivity index (χ2v) is 8.08. The summed E-state index contributed by atoms with van der Waals surface area (Å²) in [5.41, 5.74) is 2.22. The molecule has 5 heteroatoms. The Kier molecular flexibility index (Phi) is 6.37. The first-order valence-corrected chi connectivity index (χ1v) is 10.7. The molecular weight excluding hydrogens is 378 g/mol. The van der Waals surface area contributed by atoms with Crippen molar-refractivity contribution >= 4 is 29.0 Å². The lowest BCUT2D eigenvalue weighted by Gasteiger charge is -2.36. The Hall–Kier alpha value is -2.92. The van der Waals surface area contributed by atoms with Crippen molar-refractivity contribution in [3.05, 3.63) is 84.9 Å². The lowest BCUT2D eigenvalue weighted by molar-refractivity contribution is -0.129. The van der Waals surface area contributed by atoms with E-state index >= 15 is 0 Å². The summed E-state index contributed by atoms with van der Waals surface area (Å²) >= 11 is 1.71. The topological polar surface area (TPSA) is 35.6 Å². The van der Waals surface area contributed by atoms with Gasteiger partial charge in [0.1, 0.15) is 0 Å². The van der Waals surface area contributed by atoms with Gasteiger partial charge in [0, 0.05) is 47.3 Å². The van der Waals surface area contributed by atoms with Crippen LogP contribution in [0.15, 0.2) is 94.7 Å². The van der Waals surface area contributed by atoms with Gasteiger partial charge in [0.15, 0.2) is 0 Å². The van der Waals surface area contributed by atoms with Crippen molar-refractivity contribution in [3.63, 3.8) is 0 Å². The summed E-state index contributed by atoms with van der Waals surface area (Å²) in [6, 6.07) is 28.8. The average Bonchev–Trinajstić information content (AvgIpc) is 2.80. The minimum absolute atomic E-state index is 0.150. The summed E-state index contributed by atoms with van der Waals surface area (Å²) in [6.45, 7) is 3.58. The summed E-state index contributed by atoms with van der Waals surface area (Å²) < 4.78 is 0. The van der Waals surface area contributed by atoms with Gasteiger partial charge in [0.05, 0.1) is 6.54 Å². The molecule has 1 aliphatic rings. The highest BCUT2D eigenvalue weighted by Crippen LogP contribution is 2.33. The first kappa shape index (κ1) is 19.4. The van der Waals surface area contributed by atoms with Crippen molar-refractivity contribution < 1.29 is 4.79 Å². The number of hydrogen-bond acceptors (Lipinski definition) is 4. The number of nitrogens with one attached hydrogen (secondary N) is 1. The first-order chi connectivity index (χ1) is 14.3. The minimum Gasteiger partial charge on any atom is -0.375 e. The van der Waals surface area contributed by atoms with E-state index in [1.54, 1.807) is 11.8 Å². The predicted molar refractivity (Wildman–Crippen MR) is 121 cm³/mol. The maximum absolute atomic E-state index is 12.7. The van der Waals surface area contributed by atoms with Crippen molar-refractivity contribution in [1.82, 2.24) is 4.90 Å². The van der Waals surface area contributed by atoms with Crippen LogP contribution in [0.3, 0.4) is 0 Å². The zero-order chi connectivity index (χ0) is 19.9. The van der Waals surface area contributed by atoms with Crippen LogP contribution in [0.5, 0.6) is 0 Å². The van der Waals surface area contributed by atoms with Gasteiger partial charge in [-0.25, -0.2) is 0 Å². The zero-order valence-electron chi connectivity index (χ0n) is 16.3. The monoisotopic (exact) mass is 403 g/mol. The summed E-state index contributed by atoms with van der Waals surface area (Å²) in [7, 11) is 0. The SMILES string of the molecule is O=C(CNc1ccccc1Sc1ccccc1)N1CCN(c2ccccc2)CC1. The zero-order valence-corrected chi connectivity index (χ0v) is 17.1. The van der Waals surface area contributed by atoms with E-state index in [1.807, 2.05) is 47.4 Å². The number of piperazine rings is 1. The molecule has 1 N–H and O–H groups in total. The smallest absolute Gasteiger partial charge is 0.241 e. The van der Waals surface area contributed by atoms with Gasteiger partial charge in [-0.05, 0) is 36.4 Å². The largest absolute Gasteiger partial charge is 0.375 e. The third-order valence-electron chi connectivity index (χ3n) is 5.04. The molecular formula is C24H25N3OS. The molecule has 1 heterocycles. The average molecular weight is 404 g/mol. The predicted octanol–water partition coefficient (Wildman–Crippen LogP) is 4.60. The van der Waals surface area contributed by atoms with Gasteiger partial charge in [-0.2, -0.15) is 0 Å². The van der Waals surface area contributed by atoms with Crippen molar-refractivity contribution in [2.24, 2.45) is 0 Å². The van der Waals surface area contributed by atoms with Gasteiger partial charge in [-0.15, -0.1) is 0 Å². The number of rotatable bonds is 6. The Morgan fingerprint density at radius 1 is 0.793 bits per heavy atom. The lowest BCUT2D eigenvalue weighted by Crippen LogP contribution is -2.50. The van der Waals surface area contributed by atoms with E-state index in [4.69, 9.17) is 0 Å². The van der Waals surface area contributed by atoms with Crippen LogP contribution in [0.25, 0.3) is 0 Å².